The highest BCUT2D eigenvalue weighted by Gasteiger charge is 2.35. The number of nitrogens with one attached hydrogen (secondary N) is 2. The fourth-order valence-electron chi connectivity index (χ4n) is 5.11. The number of hydrogen-bond donors (Lipinski definition) is 2. The van der Waals surface area contributed by atoms with Crippen molar-refractivity contribution in [3.05, 3.63) is 53.1 Å². The Morgan fingerprint density at radius 1 is 0.947 bits per heavy atom. The largest absolute Gasteiger partial charge is 0.454 e. The van der Waals surface area contributed by atoms with Gasteiger partial charge in [0.1, 0.15) is 6.04 Å². The Balaban J connectivity index is 1.12. The lowest BCUT2D eigenvalue weighted by molar-refractivity contribution is -0.145. The number of hydrogen-bond acceptors (Lipinski definition) is 7. The van der Waals surface area contributed by atoms with E-state index in [2.05, 4.69) is 26.5 Å². The van der Waals surface area contributed by atoms with Crippen molar-refractivity contribution in [2.24, 2.45) is 0 Å². The van der Waals surface area contributed by atoms with E-state index in [0.29, 0.717) is 18.8 Å². The molecule has 2 N–H and O–H groups in total. The Morgan fingerprint density at radius 3 is 2.50 bits per heavy atom. The summed E-state index contributed by atoms with van der Waals surface area (Å²) in [5.41, 5.74) is 4.07. The van der Waals surface area contributed by atoms with Gasteiger partial charge >= 0.3 is 0 Å². The van der Waals surface area contributed by atoms with Gasteiger partial charge in [0.25, 0.3) is 0 Å². The topological polar surface area (TPSA) is 103 Å². The predicted molar refractivity (Wildman–Crippen MR) is 142 cm³/mol. The van der Waals surface area contributed by atoms with Gasteiger partial charge in [0, 0.05) is 51.5 Å². The number of piperazine rings is 2. The van der Waals surface area contributed by atoms with Crippen LogP contribution in [-0.4, -0.2) is 91.1 Å². The summed E-state index contributed by atoms with van der Waals surface area (Å²) in [5, 5.41) is 5.67. The van der Waals surface area contributed by atoms with Gasteiger partial charge in [0.05, 0.1) is 13.0 Å². The summed E-state index contributed by atoms with van der Waals surface area (Å²) in [6.45, 7) is 9.29. The number of aryl methyl sites for hydroxylation is 2. The lowest BCUT2D eigenvalue weighted by atomic mass is 10.1. The molecule has 1 unspecified atom stereocenters. The third-order valence-corrected chi connectivity index (χ3v) is 7.49. The molecular formula is C28H35N5O5. The van der Waals surface area contributed by atoms with Crippen molar-refractivity contribution < 1.29 is 23.9 Å². The molecule has 1 atom stereocenters. The van der Waals surface area contributed by atoms with Crippen molar-refractivity contribution in [2.75, 3.05) is 57.9 Å². The summed E-state index contributed by atoms with van der Waals surface area (Å²) in [5.74, 6) is 0.880. The lowest BCUT2D eigenvalue weighted by Gasteiger charge is -2.38. The summed E-state index contributed by atoms with van der Waals surface area (Å²) in [4.78, 5) is 44.7. The molecule has 3 heterocycles. The first-order chi connectivity index (χ1) is 18.4. The van der Waals surface area contributed by atoms with Crippen LogP contribution in [0.2, 0.25) is 0 Å². The van der Waals surface area contributed by atoms with E-state index in [9.17, 15) is 14.4 Å². The van der Waals surface area contributed by atoms with Crippen molar-refractivity contribution in [3.63, 3.8) is 0 Å². The van der Waals surface area contributed by atoms with Gasteiger partial charge in [-0.2, -0.15) is 0 Å². The number of fused-ring (bicyclic) bond motifs is 1. The molecule has 0 spiro atoms. The predicted octanol–water partition coefficient (Wildman–Crippen LogP) is 1.51. The summed E-state index contributed by atoms with van der Waals surface area (Å²) in [7, 11) is 0. The summed E-state index contributed by atoms with van der Waals surface area (Å²) < 4.78 is 10.9. The maximum absolute atomic E-state index is 13.3. The number of rotatable bonds is 7. The Morgan fingerprint density at radius 2 is 1.71 bits per heavy atom. The summed E-state index contributed by atoms with van der Waals surface area (Å²) in [6, 6.07) is 10.9. The van der Waals surface area contributed by atoms with Gasteiger partial charge < -0.3 is 25.0 Å². The highest BCUT2D eigenvalue weighted by Crippen LogP contribution is 2.32. The molecule has 0 saturated carbocycles. The number of nitrogens with zero attached hydrogens (tertiary/aromatic N) is 3. The van der Waals surface area contributed by atoms with E-state index in [1.807, 2.05) is 44.2 Å². The van der Waals surface area contributed by atoms with Gasteiger partial charge in [0.2, 0.25) is 24.5 Å². The van der Waals surface area contributed by atoms with Crippen LogP contribution in [0.25, 0.3) is 0 Å². The molecule has 10 nitrogen and oxygen atoms in total. The highest BCUT2D eigenvalue weighted by molar-refractivity contribution is 5.97. The van der Waals surface area contributed by atoms with Crippen molar-refractivity contribution in [2.45, 2.75) is 32.9 Å². The lowest BCUT2D eigenvalue weighted by Crippen LogP contribution is -2.60. The molecule has 202 valence electrons. The van der Waals surface area contributed by atoms with Crippen LogP contribution in [-0.2, 0) is 20.9 Å². The van der Waals surface area contributed by atoms with Crippen LogP contribution in [0.15, 0.2) is 36.4 Å². The van der Waals surface area contributed by atoms with Crippen molar-refractivity contribution in [3.8, 4) is 11.5 Å². The van der Waals surface area contributed by atoms with Gasteiger partial charge in [-0.1, -0.05) is 12.1 Å². The Labute approximate surface area is 222 Å². The second-order valence-electron chi connectivity index (χ2n) is 10.2. The molecule has 5 rings (SSSR count). The molecule has 0 aromatic heterocycles. The number of benzene rings is 2. The first-order valence-corrected chi connectivity index (χ1v) is 13.1. The zero-order chi connectivity index (χ0) is 26.6. The van der Waals surface area contributed by atoms with Crippen LogP contribution in [0.4, 0.5) is 5.69 Å². The molecule has 38 heavy (non-hydrogen) atoms. The highest BCUT2D eigenvalue weighted by atomic mass is 16.7. The van der Waals surface area contributed by atoms with Crippen molar-refractivity contribution in [1.82, 2.24) is 20.0 Å². The SMILES string of the molecule is Cc1ccc(NC(=O)CC2C(=O)NCCN2C(=O)CN2CCN(Cc3ccc4c(c3)OCO4)CC2)cc1C. The van der Waals surface area contributed by atoms with E-state index >= 15 is 0 Å². The zero-order valence-electron chi connectivity index (χ0n) is 22.0. The molecule has 2 aromatic carbocycles. The van der Waals surface area contributed by atoms with E-state index in [4.69, 9.17) is 9.47 Å². The first-order valence-electron chi connectivity index (χ1n) is 13.1. The Bertz CT molecular complexity index is 1210. The van der Waals surface area contributed by atoms with Crippen molar-refractivity contribution >= 4 is 23.4 Å². The molecular weight excluding hydrogens is 486 g/mol. The minimum absolute atomic E-state index is 0.0756. The smallest absolute Gasteiger partial charge is 0.243 e. The maximum atomic E-state index is 13.3. The number of amides is 3. The molecule has 2 aromatic rings. The van der Waals surface area contributed by atoms with E-state index in [1.165, 1.54) is 5.56 Å². The Hall–Kier alpha value is -3.63. The van der Waals surface area contributed by atoms with Crippen LogP contribution in [0.3, 0.4) is 0 Å². The van der Waals surface area contributed by atoms with E-state index in [1.54, 1.807) is 4.90 Å². The van der Waals surface area contributed by atoms with Gasteiger partial charge in [-0.3, -0.25) is 24.2 Å². The second kappa shape index (κ2) is 11.4. The van der Waals surface area contributed by atoms with Crippen molar-refractivity contribution in [1.29, 1.82) is 0 Å². The molecule has 2 saturated heterocycles. The molecule has 0 bridgehead atoms. The standard InChI is InChI=1S/C28H35N5O5/c1-19-3-5-22(13-20(19)2)30-26(34)15-23-28(36)29-7-8-33(23)27(35)17-32-11-9-31(10-12-32)16-21-4-6-24-25(14-21)38-18-37-24/h3-6,13-14,23H,7-12,15-18H2,1-2H3,(H,29,36)(H,30,34). The average Bonchev–Trinajstić information content (AvgIpc) is 3.36. The average molecular weight is 522 g/mol. The van der Waals surface area contributed by atoms with Gasteiger partial charge in [-0.25, -0.2) is 0 Å². The fourth-order valence-corrected chi connectivity index (χ4v) is 5.11. The van der Waals surface area contributed by atoms with Crippen LogP contribution >= 0.6 is 0 Å². The monoisotopic (exact) mass is 521 g/mol. The van der Waals surface area contributed by atoms with E-state index in [-0.39, 0.29) is 37.5 Å². The molecule has 3 amide bonds. The maximum Gasteiger partial charge on any atom is 0.243 e. The number of carbonyl (C=O) groups is 3. The van der Waals surface area contributed by atoms with Crippen LogP contribution in [0.5, 0.6) is 11.5 Å². The minimum Gasteiger partial charge on any atom is -0.454 e. The van der Waals surface area contributed by atoms with Crippen LogP contribution in [0, 0.1) is 13.8 Å². The molecule has 0 radical (unpaired) electrons. The first kappa shape index (κ1) is 26.0. The van der Waals surface area contributed by atoms with E-state index in [0.717, 1.165) is 55.3 Å². The third-order valence-electron chi connectivity index (χ3n) is 7.49. The normalized spacial score (nSPS) is 19.8. The van der Waals surface area contributed by atoms with E-state index < -0.39 is 6.04 Å². The summed E-state index contributed by atoms with van der Waals surface area (Å²) >= 11 is 0. The van der Waals surface area contributed by atoms with Crippen LogP contribution < -0.4 is 20.1 Å². The quantitative estimate of drug-likeness (QED) is 0.569. The number of ether oxygens (including phenoxy) is 2. The fraction of sp³-hybridized carbons (Fsp3) is 0.464. The number of carbonyl (C=O) groups excluding carboxylic acids is 3. The Kier molecular flexibility index (Phi) is 7.80. The van der Waals surface area contributed by atoms with Gasteiger partial charge in [0.15, 0.2) is 11.5 Å². The minimum atomic E-state index is -0.810. The van der Waals surface area contributed by atoms with Gasteiger partial charge in [-0.05, 0) is 54.8 Å². The third kappa shape index (κ3) is 6.08. The zero-order valence-corrected chi connectivity index (χ0v) is 22.0. The second-order valence-corrected chi connectivity index (χ2v) is 10.2. The van der Waals surface area contributed by atoms with Crippen LogP contribution in [0.1, 0.15) is 23.1 Å². The molecule has 3 aliphatic rings. The number of anilines is 1. The summed E-state index contributed by atoms with van der Waals surface area (Å²) in [6.07, 6.45) is -0.0756. The molecule has 0 aliphatic carbocycles. The molecule has 3 aliphatic heterocycles. The van der Waals surface area contributed by atoms with Gasteiger partial charge in [-0.15, -0.1) is 0 Å². The molecule has 2 fully saturated rings. The molecule has 10 heteroatoms.